The van der Waals surface area contributed by atoms with E-state index in [1.165, 1.54) is 0 Å². The standard InChI is InChI=1S/C28H42ClN3O4/c1-5-9-13-23-31(18-10-6-2)25(29)24(26(33)35-7-3)32(23)20-21-14-15-22(30-19-21)28(16-11-12-17-28)27(34)36-8-4/h14-15,19,23H,5-13,16-18,20H2,1-4H3. The van der Waals surface area contributed by atoms with E-state index < -0.39 is 5.41 Å². The lowest BCUT2D eigenvalue weighted by Gasteiger charge is -2.34. The van der Waals surface area contributed by atoms with E-state index in [0.717, 1.165) is 75.6 Å². The van der Waals surface area contributed by atoms with Crippen LogP contribution in [0.25, 0.3) is 0 Å². The molecule has 8 heteroatoms. The van der Waals surface area contributed by atoms with E-state index in [-0.39, 0.29) is 18.1 Å². The van der Waals surface area contributed by atoms with Crippen molar-refractivity contribution in [2.24, 2.45) is 0 Å². The van der Waals surface area contributed by atoms with Crippen molar-refractivity contribution in [3.8, 4) is 0 Å². The maximum Gasteiger partial charge on any atom is 0.357 e. The lowest BCUT2D eigenvalue weighted by Crippen LogP contribution is -2.41. The van der Waals surface area contributed by atoms with Gasteiger partial charge in [0.25, 0.3) is 0 Å². The zero-order chi connectivity index (χ0) is 26.1. The average Bonchev–Trinajstić information content (AvgIpc) is 3.46. The van der Waals surface area contributed by atoms with Crippen molar-refractivity contribution >= 4 is 23.5 Å². The molecule has 0 N–H and O–H groups in total. The Kier molecular flexibility index (Phi) is 10.5. The molecule has 0 bridgehead atoms. The molecule has 36 heavy (non-hydrogen) atoms. The molecule has 0 amide bonds. The van der Waals surface area contributed by atoms with Crippen LogP contribution in [0.1, 0.15) is 96.7 Å². The third-order valence-corrected chi connectivity index (χ3v) is 7.68. The second kappa shape index (κ2) is 13.3. The van der Waals surface area contributed by atoms with Gasteiger partial charge in [0.2, 0.25) is 0 Å². The summed E-state index contributed by atoms with van der Waals surface area (Å²) in [5.41, 5.74) is 1.51. The smallest absolute Gasteiger partial charge is 0.357 e. The second-order valence-corrected chi connectivity index (χ2v) is 10.1. The van der Waals surface area contributed by atoms with Crippen molar-refractivity contribution in [2.45, 2.75) is 104 Å². The molecule has 1 atom stereocenters. The quantitative estimate of drug-likeness (QED) is 0.238. The number of halogens is 1. The van der Waals surface area contributed by atoms with Gasteiger partial charge in [-0.1, -0.05) is 57.2 Å². The molecule has 1 saturated carbocycles. The number of hydrogen-bond donors (Lipinski definition) is 0. The number of nitrogens with zero attached hydrogens (tertiary/aromatic N) is 3. The van der Waals surface area contributed by atoms with Gasteiger partial charge in [-0.15, -0.1) is 0 Å². The number of ether oxygens (including phenoxy) is 2. The van der Waals surface area contributed by atoms with E-state index >= 15 is 0 Å². The molecule has 0 radical (unpaired) electrons. The number of aromatic nitrogens is 1. The Labute approximate surface area is 221 Å². The van der Waals surface area contributed by atoms with Crippen LogP contribution in [0.5, 0.6) is 0 Å². The lowest BCUT2D eigenvalue weighted by molar-refractivity contribution is -0.150. The monoisotopic (exact) mass is 519 g/mol. The summed E-state index contributed by atoms with van der Waals surface area (Å²) in [4.78, 5) is 34.9. The van der Waals surface area contributed by atoms with Gasteiger partial charge in [-0.05, 0) is 57.6 Å². The molecular formula is C28H42ClN3O4. The van der Waals surface area contributed by atoms with Gasteiger partial charge in [-0.2, -0.15) is 0 Å². The minimum Gasteiger partial charge on any atom is -0.465 e. The summed E-state index contributed by atoms with van der Waals surface area (Å²) in [5.74, 6) is -0.562. The zero-order valence-electron chi connectivity index (χ0n) is 22.4. The minimum atomic E-state index is -0.651. The zero-order valence-corrected chi connectivity index (χ0v) is 23.1. The molecule has 2 aliphatic rings. The molecule has 3 rings (SSSR count). The van der Waals surface area contributed by atoms with Crippen LogP contribution in [0, 0.1) is 0 Å². The summed E-state index contributed by atoms with van der Waals surface area (Å²) in [6.07, 6.45) is 10.4. The highest BCUT2D eigenvalue weighted by Crippen LogP contribution is 2.42. The SMILES string of the molecule is CCCCC1N(CCCC)C(Cl)=C(C(=O)OCC)N1Cc1ccc(C2(C(=O)OCC)CCCC2)nc1. The number of rotatable bonds is 13. The van der Waals surface area contributed by atoms with Crippen LogP contribution in [0.2, 0.25) is 0 Å². The first kappa shape index (κ1) is 28.3. The van der Waals surface area contributed by atoms with Crippen LogP contribution < -0.4 is 0 Å². The molecule has 0 spiro atoms. The largest absolute Gasteiger partial charge is 0.465 e. The average molecular weight is 520 g/mol. The van der Waals surface area contributed by atoms with Crippen LogP contribution in [0.4, 0.5) is 0 Å². The molecule has 7 nitrogen and oxygen atoms in total. The van der Waals surface area contributed by atoms with Gasteiger partial charge in [-0.25, -0.2) is 4.79 Å². The van der Waals surface area contributed by atoms with Crippen molar-refractivity contribution in [1.82, 2.24) is 14.8 Å². The first-order valence-electron chi connectivity index (χ1n) is 13.7. The van der Waals surface area contributed by atoms with Crippen molar-refractivity contribution in [3.05, 3.63) is 40.4 Å². The van der Waals surface area contributed by atoms with Gasteiger partial charge in [0.1, 0.15) is 16.7 Å². The highest BCUT2D eigenvalue weighted by Gasteiger charge is 2.45. The Morgan fingerprint density at radius 2 is 1.72 bits per heavy atom. The highest BCUT2D eigenvalue weighted by molar-refractivity contribution is 6.31. The Morgan fingerprint density at radius 3 is 2.31 bits per heavy atom. The van der Waals surface area contributed by atoms with Crippen LogP contribution in [-0.4, -0.2) is 52.6 Å². The number of pyridine rings is 1. The fraction of sp³-hybridized carbons (Fsp3) is 0.679. The molecule has 1 fully saturated rings. The summed E-state index contributed by atoms with van der Waals surface area (Å²) in [6.45, 7) is 9.91. The van der Waals surface area contributed by atoms with Gasteiger partial charge < -0.3 is 19.3 Å². The molecule has 1 unspecified atom stereocenters. The predicted molar refractivity (Wildman–Crippen MR) is 141 cm³/mol. The number of unbranched alkanes of at least 4 members (excludes halogenated alkanes) is 2. The first-order valence-corrected chi connectivity index (χ1v) is 14.0. The predicted octanol–water partition coefficient (Wildman–Crippen LogP) is 5.86. The molecule has 2 heterocycles. The van der Waals surface area contributed by atoms with Crippen molar-refractivity contribution in [3.63, 3.8) is 0 Å². The van der Waals surface area contributed by atoms with Gasteiger partial charge >= 0.3 is 11.9 Å². The number of carbonyl (C=O) groups excluding carboxylic acids is 2. The first-order chi connectivity index (χ1) is 17.4. The van der Waals surface area contributed by atoms with Crippen LogP contribution in [-0.2, 0) is 31.0 Å². The van der Waals surface area contributed by atoms with E-state index in [4.69, 9.17) is 26.1 Å². The molecule has 0 aromatic carbocycles. The lowest BCUT2D eigenvalue weighted by atomic mass is 9.82. The summed E-state index contributed by atoms with van der Waals surface area (Å²) < 4.78 is 10.8. The van der Waals surface area contributed by atoms with E-state index in [1.54, 1.807) is 6.92 Å². The van der Waals surface area contributed by atoms with Crippen LogP contribution in [0.15, 0.2) is 29.2 Å². The summed E-state index contributed by atoms with van der Waals surface area (Å²) >= 11 is 6.84. The Balaban J connectivity index is 1.90. The minimum absolute atomic E-state index is 0.0104. The van der Waals surface area contributed by atoms with Crippen LogP contribution in [0.3, 0.4) is 0 Å². The maximum atomic E-state index is 13.0. The van der Waals surface area contributed by atoms with Gasteiger partial charge in [0, 0.05) is 19.3 Å². The molecule has 0 saturated heterocycles. The molecule has 1 aromatic rings. The van der Waals surface area contributed by atoms with Crippen molar-refractivity contribution < 1.29 is 19.1 Å². The van der Waals surface area contributed by atoms with E-state index in [1.807, 2.05) is 25.3 Å². The van der Waals surface area contributed by atoms with Crippen molar-refractivity contribution in [2.75, 3.05) is 19.8 Å². The van der Waals surface area contributed by atoms with Crippen molar-refractivity contribution in [1.29, 1.82) is 0 Å². The Bertz CT molecular complexity index is 912. The normalized spacial score (nSPS) is 19.2. The highest BCUT2D eigenvalue weighted by atomic mass is 35.5. The van der Waals surface area contributed by atoms with Gasteiger partial charge in [-0.3, -0.25) is 9.78 Å². The fourth-order valence-corrected chi connectivity index (χ4v) is 5.76. The van der Waals surface area contributed by atoms with Gasteiger partial charge in [0.15, 0.2) is 5.70 Å². The maximum absolute atomic E-state index is 13.0. The fourth-order valence-electron chi connectivity index (χ4n) is 5.37. The molecule has 200 valence electrons. The molecule has 1 aromatic heterocycles. The third-order valence-electron chi connectivity index (χ3n) is 7.28. The topological polar surface area (TPSA) is 72.0 Å². The van der Waals surface area contributed by atoms with Gasteiger partial charge in [0.05, 0.1) is 18.9 Å². The molecule has 1 aliphatic heterocycles. The van der Waals surface area contributed by atoms with E-state index in [2.05, 4.69) is 23.6 Å². The Morgan fingerprint density at radius 1 is 1.03 bits per heavy atom. The molecular weight excluding hydrogens is 478 g/mol. The van der Waals surface area contributed by atoms with Crippen LogP contribution >= 0.6 is 11.6 Å². The summed E-state index contributed by atoms with van der Waals surface area (Å²) in [7, 11) is 0. The number of esters is 2. The van der Waals surface area contributed by atoms with E-state index in [0.29, 0.717) is 30.6 Å². The number of hydrogen-bond acceptors (Lipinski definition) is 7. The third kappa shape index (κ3) is 5.99. The second-order valence-electron chi connectivity index (χ2n) is 9.72. The molecule has 1 aliphatic carbocycles. The Hall–Kier alpha value is -2.28. The van der Waals surface area contributed by atoms with E-state index in [9.17, 15) is 9.59 Å². The number of carbonyl (C=O) groups is 2. The summed E-state index contributed by atoms with van der Waals surface area (Å²) in [5, 5.41) is 0.472. The summed E-state index contributed by atoms with van der Waals surface area (Å²) in [6, 6.07) is 3.97.